The highest BCUT2D eigenvalue weighted by molar-refractivity contribution is 6.02. The number of hydrogen-bond acceptors (Lipinski definition) is 13. The second-order valence-corrected chi connectivity index (χ2v) is 12.7. The Bertz CT molecular complexity index is 1330. The highest BCUT2D eigenvalue weighted by atomic mass is 16.4. The van der Waals surface area contributed by atoms with Gasteiger partial charge in [-0.1, -0.05) is 13.8 Å². The fourth-order valence-electron chi connectivity index (χ4n) is 4.48. The maximum atomic E-state index is 13.7. The third-order valence-electron chi connectivity index (χ3n) is 7.55. The molecule has 50 heavy (non-hydrogen) atoms. The lowest BCUT2D eigenvalue weighted by molar-refractivity contribution is -0.145. The van der Waals surface area contributed by atoms with E-state index in [1.807, 2.05) is 0 Å². The molecule has 0 aromatic heterocycles. The van der Waals surface area contributed by atoms with Gasteiger partial charge in [0.1, 0.15) is 35.4 Å². The lowest BCUT2D eigenvalue weighted by atomic mass is 10.0. The van der Waals surface area contributed by atoms with Gasteiger partial charge in [-0.25, -0.2) is 9.80 Å². The number of nitrogens with zero attached hydrogens (tertiary/aromatic N) is 2. The third-order valence-corrected chi connectivity index (χ3v) is 7.55. The second-order valence-electron chi connectivity index (χ2n) is 12.7. The summed E-state index contributed by atoms with van der Waals surface area (Å²) in [5.74, 6) is -7.01. The first-order valence-electron chi connectivity index (χ1n) is 15.9. The Labute approximate surface area is 289 Å². The van der Waals surface area contributed by atoms with Crippen LogP contribution in [0.4, 0.5) is 0 Å². The van der Waals surface area contributed by atoms with E-state index in [-0.39, 0.29) is 30.9 Å². The molecule has 0 fully saturated rings. The van der Waals surface area contributed by atoms with Crippen molar-refractivity contribution in [2.24, 2.45) is 22.5 Å². The van der Waals surface area contributed by atoms with E-state index in [1.165, 1.54) is 33.9 Å². The molecule has 0 saturated heterocycles. The van der Waals surface area contributed by atoms with Gasteiger partial charge < -0.3 is 58.5 Å². The molecule has 20 heteroatoms. The molecule has 0 radical (unpaired) electrons. The molecule has 1 rings (SSSR count). The molecule has 0 unspecified atom stereocenters. The summed E-state index contributed by atoms with van der Waals surface area (Å²) in [5, 5.41) is 53.9. The molecule has 1 aliphatic heterocycles. The number of aliphatic hydroxyl groups excluding tert-OH is 3. The Balaban J connectivity index is 3.22. The van der Waals surface area contributed by atoms with Crippen LogP contribution in [-0.2, 0) is 33.6 Å². The summed E-state index contributed by atoms with van der Waals surface area (Å²) in [6.45, 7) is 6.49. The van der Waals surface area contributed by atoms with Crippen molar-refractivity contribution >= 4 is 47.6 Å². The van der Waals surface area contributed by atoms with Gasteiger partial charge in [-0.3, -0.25) is 28.8 Å². The maximum absolute atomic E-state index is 13.7. The van der Waals surface area contributed by atoms with E-state index in [4.69, 9.17) is 11.5 Å². The molecule has 0 spiro atoms. The molecule has 0 aromatic rings. The van der Waals surface area contributed by atoms with Crippen molar-refractivity contribution in [2.45, 2.75) is 103 Å². The van der Waals surface area contributed by atoms with Crippen LogP contribution in [0.15, 0.2) is 16.4 Å². The van der Waals surface area contributed by atoms with Crippen LogP contribution in [0.1, 0.15) is 60.8 Å². The Hall–Kier alpha value is -4.50. The predicted molar refractivity (Wildman–Crippen MR) is 177 cm³/mol. The fraction of sp³-hybridized carbons (Fsp3) is 0.667. The lowest BCUT2D eigenvalue weighted by Crippen LogP contribution is -2.64. The summed E-state index contributed by atoms with van der Waals surface area (Å²) in [6.07, 6.45) is 1.81. The molecule has 0 bridgehead atoms. The topological polar surface area (TPSA) is 328 Å². The van der Waals surface area contributed by atoms with Crippen molar-refractivity contribution in [3.8, 4) is 0 Å². The number of hydrazone groups is 1. The van der Waals surface area contributed by atoms with Gasteiger partial charge in [0.2, 0.25) is 23.6 Å². The first-order valence-corrected chi connectivity index (χ1v) is 15.9. The van der Waals surface area contributed by atoms with Crippen molar-refractivity contribution < 1.29 is 54.0 Å². The standard InChI is InChI=1S/C30H51N9O11/c1-14(2)10-18(24(44)37-21(15(3)4)26(46)36-19(11-40)28(48)49)35-25(45)20-8-7-9-33-39(20)27(47)22(16(5)31)38-23(43)17(6)34-29(50)30(32,12-41)13-42/h9,14,16-20,22,40-42H,7-8,10-13,31-32H2,1-6H3,(H,34,50)(H,35,45)(H,36,46)(H,37,44)(H,38,43)(H,48,49)/t16-,17-,18-,19-,20-,22-/m0/s1. The quantitative estimate of drug-likeness (QED) is 0.0597. The number of amides is 6. The average molecular weight is 714 g/mol. The van der Waals surface area contributed by atoms with Crippen LogP contribution in [0, 0.1) is 5.92 Å². The van der Waals surface area contributed by atoms with Crippen LogP contribution >= 0.6 is 0 Å². The van der Waals surface area contributed by atoms with Crippen molar-refractivity contribution in [2.75, 3.05) is 19.8 Å². The monoisotopic (exact) mass is 713 g/mol. The molecular weight excluding hydrogens is 662 g/mol. The number of aliphatic hydroxyl groups is 3. The SMILES string of the molecule is CC(C)=C(NC(=O)[C@H](CC(C)C)NC(=O)[C@@H]1CCC=NN1C(=O)[C@@H](NC(=O)[C@H](C)NC(=O)C(N)(CO)CO)[C@H](C)N)C(=O)N[C@@H](CO)C(=O)O. The van der Waals surface area contributed by atoms with Crippen LogP contribution in [0.2, 0.25) is 0 Å². The minimum Gasteiger partial charge on any atom is -0.480 e. The summed E-state index contributed by atoms with van der Waals surface area (Å²) in [4.78, 5) is 90.2. The summed E-state index contributed by atoms with van der Waals surface area (Å²) >= 11 is 0. The second kappa shape index (κ2) is 19.6. The summed E-state index contributed by atoms with van der Waals surface area (Å²) in [5.41, 5.74) is 9.61. The molecule has 0 aliphatic carbocycles. The zero-order valence-electron chi connectivity index (χ0n) is 29.1. The van der Waals surface area contributed by atoms with Gasteiger partial charge in [0.15, 0.2) is 6.04 Å². The van der Waals surface area contributed by atoms with Gasteiger partial charge in [0, 0.05) is 12.3 Å². The molecule has 0 saturated carbocycles. The molecule has 6 amide bonds. The first-order chi connectivity index (χ1) is 23.2. The molecule has 6 atom stereocenters. The lowest BCUT2D eigenvalue weighted by Gasteiger charge is -2.34. The molecule has 20 nitrogen and oxygen atoms in total. The fourth-order valence-corrected chi connectivity index (χ4v) is 4.48. The highest BCUT2D eigenvalue weighted by Crippen LogP contribution is 2.17. The molecule has 282 valence electrons. The zero-order valence-corrected chi connectivity index (χ0v) is 29.1. The van der Waals surface area contributed by atoms with E-state index in [0.717, 1.165) is 5.01 Å². The van der Waals surface area contributed by atoms with Crippen molar-refractivity contribution in [1.82, 2.24) is 31.6 Å². The summed E-state index contributed by atoms with van der Waals surface area (Å²) in [7, 11) is 0. The minimum absolute atomic E-state index is 0.0729. The van der Waals surface area contributed by atoms with Crippen molar-refractivity contribution in [3.05, 3.63) is 11.3 Å². The number of rotatable bonds is 18. The molecule has 1 heterocycles. The van der Waals surface area contributed by atoms with Crippen LogP contribution in [-0.4, -0.2) is 135 Å². The van der Waals surface area contributed by atoms with Gasteiger partial charge in [0.25, 0.3) is 11.8 Å². The Morgan fingerprint density at radius 2 is 1.52 bits per heavy atom. The van der Waals surface area contributed by atoms with E-state index >= 15 is 0 Å². The van der Waals surface area contributed by atoms with Gasteiger partial charge in [0.05, 0.1) is 19.8 Å². The highest BCUT2D eigenvalue weighted by Gasteiger charge is 2.40. The van der Waals surface area contributed by atoms with Crippen LogP contribution in [0.25, 0.3) is 0 Å². The molecule has 13 N–H and O–H groups in total. The van der Waals surface area contributed by atoms with Crippen molar-refractivity contribution in [1.29, 1.82) is 0 Å². The number of nitrogens with one attached hydrogen (secondary N) is 5. The Kier molecular flexibility index (Phi) is 17.1. The minimum atomic E-state index is -2.07. The number of carbonyl (C=O) groups excluding carboxylic acids is 6. The normalized spacial score (nSPS) is 17.4. The number of hydrogen-bond donors (Lipinski definition) is 11. The Morgan fingerprint density at radius 3 is 2.00 bits per heavy atom. The summed E-state index contributed by atoms with van der Waals surface area (Å²) < 4.78 is 0. The van der Waals surface area contributed by atoms with Gasteiger partial charge in [-0.05, 0) is 58.4 Å². The molecular formula is C30H51N9O11. The van der Waals surface area contributed by atoms with E-state index in [2.05, 4.69) is 31.7 Å². The number of carboxylic acids is 1. The number of aliphatic carboxylic acids is 1. The van der Waals surface area contributed by atoms with Crippen LogP contribution in [0.3, 0.4) is 0 Å². The zero-order chi connectivity index (χ0) is 38.5. The maximum Gasteiger partial charge on any atom is 0.328 e. The van der Waals surface area contributed by atoms with Gasteiger partial charge in [-0.15, -0.1) is 0 Å². The van der Waals surface area contributed by atoms with E-state index in [0.29, 0.717) is 5.57 Å². The van der Waals surface area contributed by atoms with Crippen LogP contribution < -0.4 is 38.1 Å². The smallest absolute Gasteiger partial charge is 0.328 e. The number of carboxylic acid groups (broad SMARTS) is 1. The number of nitrogens with two attached hydrogens (primary N) is 2. The summed E-state index contributed by atoms with van der Waals surface area (Å²) in [6, 6.07) is -7.91. The van der Waals surface area contributed by atoms with E-state index < -0.39 is 103 Å². The first kappa shape index (κ1) is 43.5. The van der Waals surface area contributed by atoms with Gasteiger partial charge in [-0.2, -0.15) is 5.10 Å². The average Bonchev–Trinajstić information content (AvgIpc) is 3.06. The van der Waals surface area contributed by atoms with E-state index in [9.17, 15) is 54.0 Å². The van der Waals surface area contributed by atoms with Crippen LogP contribution in [0.5, 0.6) is 0 Å². The largest absolute Gasteiger partial charge is 0.480 e. The third kappa shape index (κ3) is 12.1. The molecule has 0 aromatic carbocycles. The molecule has 1 aliphatic rings. The number of allylic oxidation sites excluding steroid dienone is 1. The Morgan fingerprint density at radius 1 is 0.920 bits per heavy atom. The van der Waals surface area contributed by atoms with Crippen molar-refractivity contribution in [3.63, 3.8) is 0 Å². The van der Waals surface area contributed by atoms with E-state index in [1.54, 1.807) is 13.8 Å². The van der Waals surface area contributed by atoms with Gasteiger partial charge >= 0.3 is 5.97 Å². The number of carbonyl (C=O) groups is 7. The predicted octanol–water partition coefficient (Wildman–Crippen LogP) is -4.52.